The SMILES string of the molecule is Cc1csc2c(N3CCC(NC4CCc5ccccc54)C(C)C3)ncnc12. The van der Waals surface area contributed by atoms with Gasteiger partial charge in [-0.3, -0.25) is 0 Å². The number of fused-ring (bicyclic) bond motifs is 2. The van der Waals surface area contributed by atoms with E-state index < -0.39 is 0 Å². The molecule has 4 nitrogen and oxygen atoms in total. The number of anilines is 1. The Kier molecular flexibility index (Phi) is 4.37. The van der Waals surface area contributed by atoms with Gasteiger partial charge in [-0.15, -0.1) is 11.3 Å². The Morgan fingerprint density at radius 3 is 2.96 bits per heavy atom. The third kappa shape index (κ3) is 3.03. The monoisotopic (exact) mass is 378 g/mol. The number of aromatic nitrogens is 2. The van der Waals surface area contributed by atoms with Crippen LogP contribution in [-0.2, 0) is 6.42 Å². The van der Waals surface area contributed by atoms with E-state index in [1.807, 2.05) is 0 Å². The van der Waals surface area contributed by atoms with Gasteiger partial charge in [0.25, 0.3) is 0 Å². The van der Waals surface area contributed by atoms with Crippen molar-refractivity contribution in [2.75, 3.05) is 18.0 Å². The Morgan fingerprint density at radius 1 is 1.19 bits per heavy atom. The molecule has 2 aromatic heterocycles. The molecule has 1 aliphatic heterocycles. The van der Waals surface area contributed by atoms with Crippen LogP contribution in [0.3, 0.4) is 0 Å². The van der Waals surface area contributed by atoms with Crippen LogP contribution in [0.4, 0.5) is 5.82 Å². The lowest BCUT2D eigenvalue weighted by Crippen LogP contribution is -2.49. The van der Waals surface area contributed by atoms with Crippen molar-refractivity contribution in [3.8, 4) is 0 Å². The van der Waals surface area contributed by atoms with Crippen LogP contribution in [-0.4, -0.2) is 29.1 Å². The largest absolute Gasteiger partial charge is 0.355 e. The van der Waals surface area contributed by atoms with Gasteiger partial charge in [0.05, 0.1) is 10.2 Å². The van der Waals surface area contributed by atoms with Gasteiger partial charge >= 0.3 is 0 Å². The molecule has 0 saturated carbocycles. The maximum absolute atomic E-state index is 4.64. The van der Waals surface area contributed by atoms with Crippen LogP contribution < -0.4 is 10.2 Å². The number of nitrogens with one attached hydrogen (secondary N) is 1. The number of aryl methyl sites for hydroxylation is 2. The zero-order chi connectivity index (χ0) is 18.4. The highest BCUT2D eigenvalue weighted by Crippen LogP contribution is 2.35. The second-order valence-electron chi connectivity index (χ2n) is 8.07. The van der Waals surface area contributed by atoms with Crippen molar-refractivity contribution in [1.29, 1.82) is 0 Å². The maximum Gasteiger partial charge on any atom is 0.150 e. The molecule has 1 aliphatic carbocycles. The highest BCUT2D eigenvalue weighted by Gasteiger charge is 2.31. The molecule has 1 saturated heterocycles. The highest BCUT2D eigenvalue weighted by atomic mass is 32.1. The first kappa shape index (κ1) is 17.1. The van der Waals surface area contributed by atoms with E-state index in [0.29, 0.717) is 18.0 Å². The van der Waals surface area contributed by atoms with E-state index in [1.165, 1.54) is 34.2 Å². The van der Waals surface area contributed by atoms with Crippen LogP contribution in [0.5, 0.6) is 0 Å². The topological polar surface area (TPSA) is 41.0 Å². The van der Waals surface area contributed by atoms with Crippen LogP contribution in [0.25, 0.3) is 10.2 Å². The average Bonchev–Trinajstić information content (AvgIpc) is 3.27. The number of nitrogens with zero attached hydrogens (tertiary/aromatic N) is 3. The molecule has 1 fully saturated rings. The highest BCUT2D eigenvalue weighted by molar-refractivity contribution is 7.18. The van der Waals surface area contributed by atoms with E-state index in [1.54, 1.807) is 17.7 Å². The Bertz CT molecular complexity index is 966. The first-order valence-electron chi connectivity index (χ1n) is 9.98. The van der Waals surface area contributed by atoms with E-state index in [2.05, 4.69) is 63.7 Å². The maximum atomic E-state index is 4.64. The van der Waals surface area contributed by atoms with Gasteiger partial charge in [-0.2, -0.15) is 0 Å². The summed E-state index contributed by atoms with van der Waals surface area (Å²) in [6.07, 6.45) is 5.32. The van der Waals surface area contributed by atoms with Gasteiger partial charge in [-0.1, -0.05) is 31.2 Å². The summed E-state index contributed by atoms with van der Waals surface area (Å²) in [5, 5.41) is 6.17. The molecule has 0 spiro atoms. The minimum atomic E-state index is 0.519. The summed E-state index contributed by atoms with van der Waals surface area (Å²) in [6, 6.07) is 10.0. The fourth-order valence-electron chi connectivity index (χ4n) is 4.76. The van der Waals surface area contributed by atoms with Crippen LogP contribution in [0.1, 0.15) is 42.5 Å². The minimum Gasteiger partial charge on any atom is -0.355 e. The Balaban J connectivity index is 1.31. The van der Waals surface area contributed by atoms with Gasteiger partial charge in [0.2, 0.25) is 0 Å². The summed E-state index contributed by atoms with van der Waals surface area (Å²) < 4.78 is 1.23. The van der Waals surface area contributed by atoms with Crippen molar-refractivity contribution in [3.05, 3.63) is 52.7 Å². The van der Waals surface area contributed by atoms with E-state index >= 15 is 0 Å². The molecule has 3 aromatic rings. The molecule has 3 unspecified atom stereocenters. The number of piperidine rings is 1. The van der Waals surface area contributed by atoms with Crippen molar-refractivity contribution in [1.82, 2.24) is 15.3 Å². The quantitative estimate of drug-likeness (QED) is 0.729. The van der Waals surface area contributed by atoms with E-state index in [-0.39, 0.29) is 0 Å². The van der Waals surface area contributed by atoms with Gasteiger partial charge in [0, 0.05) is 25.2 Å². The molecule has 1 aromatic carbocycles. The van der Waals surface area contributed by atoms with Crippen LogP contribution >= 0.6 is 11.3 Å². The summed E-state index contributed by atoms with van der Waals surface area (Å²) in [6.45, 7) is 6.62. The molecule has 2 aliphatic rings. The van der Waals surface area contributed by atoms with Crippen molar-refractivity contribution < 1.29 is 0 Å². The zero-order valence-corrected chi connectivity index (χ0v) is 16.8. The van der Waals surface area contributed by atoms with Crippen LogP contribution in [0, 0.1) is 12.8 Å². The summed E-state index contributed by atoms with van der Waals surface area (Å²) in [5.74, 6) is 1.71. The van der Waals surface area contributed by atoms with Crippen molar-refractivity contribution >= 4 is 27.4 Å². The molecule has 0 radical (unpaired) electrons. The van der Waals surface area contributed by atoms with E-state index in [9.17, 15) is 0 Å². The summed E-state index contributed by atoms with van der Waals surface area (Å²) >= 11 is 1.77. The molecule has 140 valence electrons. The number of hydrogen-bond acceptors (Lipinski definition) is 5. The fourth-order valence-corrected chi connectivity index (χ4v) is 5.78. The Morgan fingerprint density at radius 2 is 2.07 bits per heavy atom. The second kappa shape index (κ2) is 6.88. The smallest absolute Gasteiger partial charge is 0.150 e. The van der Waals surface area contributed by atoms with Crippen molar-refractivity contribution in [2.45, 2.75) is 45.2 Å². The second-order valence-corrected chi connectivity index (χ2v) is 8.95. The molecule has 5 heteroatoms. The number of hydrogen-bond donors (Lipinski definition) is 1. The molecule has 1 N–H and O–H groups in total. The first-order chi connectivity index (χ1) is 13.2. The molecular weight excluding hydrogens is 352 g/mol. The van der Waals surface area contributed by atoms with Gasteiger partial charge < -0.3 is 10.2 Å². The van der Waals surface area contributed by atoms with Gasteiger partial charge in [0.1, 0.15) is 12.1 Å². The predicted octanol–water partition coefficient (Wildman–Crippen LogP) is 4.49. The lowest BCUT2D eigenvalue weighted by Gasteiger charge is -2.39. The van der Waals surface area contributed by atoms with Crippen molar-refractivity contribution in [3.63, 3.8) is 0 Å². The van der Waals surface area contributed by atoms with Crippen LogP contribution in [0.15, 0.2) is 36.0 Å². The fraction of sp³-hybridized carbons (Fsp3) is 0.455. The Hall–Kier alpha value is -1.98. The van der Waals surface area contributed by atoms with E-state index in [0.717, 1.165) is 30.8 Å². The molecule has 0 bridgehead atoms. The van der Waals surface area contributed by atoms with Crippen molar-refractivity contribution in [2.24, 2.45) is 5.92 Å². The normalized spacial score (nSPS) is 25.1. The molecule has 5 rings (SSSR count). The average molecular weight is 379 g/mol. The zero-order valence-electron chi connectivity index (χ0n) is 16.0. The molecular formula is C22H26N4S. The van der Waals surface area contributed by atoms with Gasteiger partial charge in [0.15, 0.2) is 0 Å². The lowest BCUT2D eigenvalue weighted by atomic mass is 9.92. The van der Waals surface area contributed by atoms with Gasteiger partial charge in [-0.05, 0) is 54.2 Å². The first-order valence-corrected chi connectivity index (χ1v) is 10.9. The van der Waals surface area contributed by atoms with Crippen LogP contribution in [0.2, 0.25) is 0 Å². The standard InChI is InChI=1S/C22H26N4S/c1-14-11-26(22-21-20(23-13-24-22)15(2)12-27-21)10-9-18(14)25-19-8-7-16-5-3-4-6-17(16)19/h3-6,12-14,18-19,25H,7-11H2,1-2H3. The Labute approximate surface area is 164 Å². The molecule has 0 amide bonds. The van der Waals surface area contributed by atoms with Gasteiger partial charge in [-0.25, -0.2) is 9.97 Å². The summed E-state index contributed by atoms with van der Waals surface area (Å²) in [5.41, 5.74) is 5.40. The third-order valence-corrected chi connectivity index (χ3v) is 7.35. The number of benzene rings is 1. The number of thiophene rings is 1. The summed E-state index contributed by atoms with van der Waals surface area (Å²) in [4.78, 5) is 11.6. The molecule has 3 atom stereocenters. The lowest BCUT2D eigenvalue weighted by molar-refractivity contribution is 0.292. The minimum absolute atomic E-state index is 0.519. The third-order valence-electron chi connectivity index (χ3n) is 6.27. The van der Waals surface area contributed by atoms with E-state index in [4.69, 9.17) is 0 Å². The number of rotatable bonds is 3. The summed E-state index contributed by atoms with van der Waals surface area (Å²) in [7, 11) is 0. The molecule has 3 heterocycles. The predicted molar refractivity (Wildman–Crippen MR) is 113 cm³/mol. The molecule has 27 heavy (non-hydrogen) atoms.